The maximum Gasteiger partial charge on any atom is 0.261 e. The number of benzene rings is 1. The van der Waals surface area contributed by atoms with E-state index in [-0.39, 0.29) is 38.3 Å². The molecule has 0 atom stereocenters. The van der Waals surface area contributed by atoms with Gasteiger partial charge in [-0.05, 0) is 69.3 Å². The number of carbonyl (C=O) groups excluding carboxylic acids is 2. The van der Waals surface area contributed by atoms with Crippen LogP contribution in [0, 0.1) is 11.1 Å². The molecule has 0 unspecified atom stereocenters. The summed E-state index contributed by atoms with van der Waals surface area (Å²) in [6.07, 6.45) is 16.8. The van der Waals surface area contributed by atoms with E-state index >= 15 is 0 Å². The van der Waals surface area contributed by atoms with E-state index in [0.717, 1.165) is 42.9 Å². The molecule has 304 valence electrons. The number of hydrogen-bond donors (Lipinski definition) is 5. The van der Waals surface area contributed by atoms with Crippen LogP contribution in [0.15, 0.2) is 70.5 Å². The van der Waals surface area contributed by atoms with E-state index in [1.54, 1.807) is 64.0 Å². The third kappa shape index (κ3) is 10.1. The Hall–Kier alpha value is -5.90. The molecule has 2 fully saturated rings. The van der Waals surface area contributed by atoms with E-state index in [0.29, 0.717) is 72.5 Å². The standard InChI is InChI=1S/C24H25N5O3.C16H23N5O.CH4.H2N2.H2/c30-20-12-11-16-15-25-24(26-17-7-2-1-3-8-17)27-21(16)28(20)13-6-14-29-22(31)18-9-4-5-10-19(18)23(29)32;17-9-4-10-21-14(22)8-7-12-11-18-16(20-15(12)21)19-13-5-2-1-3-6-13;;1-2;/h4-5,9-12,15,17H,1-3,6-8,13-14H2,(H,25,26,27);7-8,11,13H,1-6,9-10,17H2,(H,18,19,20);1H4;1-2H;1H. The molecule has 0 bridgehead atoms. The third-order valence-corrected chi connectivity index (χ3v) is 10.6. The smallest absolute Gasteiger partial charge is 0.261 e. The van der Waals surface area contributed by atoms with Gasteiger partial charge < -0.3 is 16.4 Å². The molecule has 1 aromatic carbocycles. The molecule has 0 spiro atoms. The number of aromatic nitrogens is 6. The van der Waals surface area contributed by atoms with Crippen molar-refractivity contribution in [3.8, 4) is 0 Å². The molecule has 16 heteroatoms. The first-order chi connectivity index (χ1) is 27.4. The van der Waals surface area contributed by atoms with Crippen LogP contribution in [0.3, 0.4) is 0 Å². The maximum absolute atomic E-state index is 12.6. The minimum Gasteiger partial charge on any atom is -0.351 e. The van der Waals surface area contributed by atoms with Crippen molar-refractivity contribution in [2.45, 2.75) is 110 Å². The second kappa shape index (κ2) is 20.3. The summed E-state index contributed by atoms with van der Waals surface area (Å²) in [6, 6.07) is 14.2. The van der Waals surface area contributed by atoms with Gasteiger partial charge in [-0.3, -0.25) is 33.2 Å². The molecule has 57 heavy (non-hydrogen) atoms. The Morgan fingerprint density at radius 2 is 1.07 bits per heavy atom. The van der Waals surface area contributed by atoms with Crippen LogP contribution >= 0.6 is 0 Å². The first kappa shape index (κ1) is 42.2. The summed E-state index contributed by atoms with van der Waals surface area (Å²) in [5.41, 5.74) is 17.5. The van der Waals surface area contributed by atoms with Gasteiger partial charge >= 0.3 is 0 Å². The number of imide groups is 1. The summed E-state index contributed by atoms with van der Waals surface area (Å²) in [5.74, 6) is 0.588. The molecule has 16 nitrogen and oxygen atoms in total. The van der Waals surface area contributed by atoms with Crippen LogP contribution in [0.5, 0.6) is 0 Å². The molecule has 4 aromatic heterocycles. The molecule has 6 N–H and O–H groups in total. The summed E-state index contributed by atoms with van der Waals surface area (Å²) in [7, 11) is 0. The normalized spacial score (nSPS) is 15.6. The van der Waals surface area contributed by atoms with Crippen LogP contribution < -0.4 is 27.5 Å². The number of carbonyl (C=O) groups is 2. The molecular formula is C41H56N12O4. The first-order valence-corrected chi connectivity index (χ1v) is 19.6. The van der Waals surface area contributed by atoms with Crippen molar-refractivity contribution >= 4 is 45.8 Å². The van der Waals surface area contributed by atoms with Crippen molar-refractivity contribution in [3.63, 3.8) is 0 Å². The molecule has 0 saturated heterocycles. The van der Waals surface area contributed by atoms with Gasteiger partial charge in [-0.25, -0.2) is 21.0 Å². The minimum absolute atomic E-state index is 0. The Morgan fingerprint density at radius 3 is 1.51 bits per heavy atom. The molecule has 3 aliphatic rings. The molecule has 8 rings (SSSR count). The van der Waals surface area contributed by atoms with Crippen molar-refractivity contribution in [2.75, 3.05) is 23.7 Å². The fourth-order valence-corrected chi connectivity index (χ4v) is 7.65. The van der Waals surface area contributed by atoms with Gasteiger partial charge in [0.2, 0.25) is 11.9 Å². The SMILES string of the molecule is C.N=N.NCCCn1c(=O)ccc2cnc(NC3CCCCC3)nc21.O=C1c2ccccc2C(=O)N1CCCn1c(=O)ccc2cnc(NC3CCCCC3)nc21.[HH]. The van der Waals surface area contributed by atoms with E-state index in [1.165, 1.54) is 49.5 Å². The molecule has 2 aliphatic carbocycles. The molecule has 0 radical (unpaired) electrons. The number of amides is 2. The van der Waals surface area contributed by atoms with E-state index < -0.39 is 0 Å². The molecule has 2 amide bonds. The minimum atomic E-state index is -0.280. The number of rotatable bonds is 11. The number of fused-ring (bicyclic) bond motifs is 3. The van der Waals surface area contributed by atoms with Crippen molar-refractivity contribution in [3.05, 3.63) is 92.8 Å². The molecular weight excluding hydrogens is 725 g/mol. The number of pyridine rings is 2. The van der Waals surface area contributed by atoms with Gasteiger partial charge in [0.15, 0.2) is 0 Å². The maximum atomic E-state index is 12.6. The highest BCUT2D eigenvalue weighted by Crippen LogP contribution is 2.24. The summed E-state index contributed by atoms with van der Waals surface area (Å²) in [5, 5.41) is 8.48. The topological polar surface area (TPSA) is 231 Å². The van der Waals surface area contributed by atoms with E-state index in [1.807, 2.05) is 0 Å². The van der Waals surface area contributed by atoms with Crippen LogP contribution in [0.1, 0.15) is 107 Å². The number of nitrogens with one attached hydrogen (secondary N) is 4. The van der Waals surface area contributed by atoms with Crippen LogP contribution in [0.2, 0.25) is 0 Å². The largest absolute Gasteiger partial charge is 0.351 e. The number of anilines is 2. The van der Waals surface area contributed by atoms with Gasteiger partial charge in [-0.2, -0.15) is 9.97 Å². The van der Waals surface area contributed by atoms with E-state index in [4.69, 9.17) is 16.8 Å². The zero-order valence-electron chi connectivity index (χ0n) is 31.6. The Labute approximate surface area is 333 Å². The van der Waals surface area contributed by atoms with Crippen LogP contribution in [-0.2, 0) is 13.1 Å². The van der Waals surface area contributed by atoms with Gasteiger partial charge in [0.05, 0.1) is 11.1 Å². The fourth-order valence-electron chi connectivity index (χ4n) is 7.65. The lowest BCUT2D eigenvalue weighted by Gasteiger charge is -2.22. The zero-order chi connectivity index (χ0) is 39.4. The molecule has 1 aliphatic heterocycles. The summed E-state index contributed by atoms with van der Waals surface area (Å²) < 4.78 is 3.29. The lowest BCUT2D eigenvalue weighted by molar-refractivity contribution is 0.0650. The highest BCUT2D eigenvalue weighted by molar-refractivity contribution is 6.21. The number of nitrogens with zero attached hydrogens (tertiary/aromatic N) is 7. The zero-order valence-corrected chi connectivity index (χ0v) is 31.6. The quantitative estimate of drug-likeness (QED) is 0.0709. The first-order valence-electron chi connectivity index (χ1n) is 19.6. The average molecular weight is 781 g/mol. The highest BCUT2D eigenvalue weighted by Gasteiger charge is 2.34. The van der Waals surface area contributed by atoms with Gasteiger partial charge in [-0.15, -0.1) is 0 Å². The average Bonchev–Trinajstić information content (AvgIpc) is 3.48. The van der Waals surface area contributed by atoms with Crippen LogP contribution in [-0.4, -0.2) is 71.0 Å². The monoisotopic (exact) mass is 780 g/mol. The second-order valence-corrected chi connectivity index (χ2v) is 14.4. The van der Waals surface area contributed by atoms with Gasteiger partial charge in [0.25, 0.3) is 22.9 Å². The van der Waals surface area contributed by atoms with E-state index in [2.05, 4.69) is 30.6 Å². The lowest BCUT2D eigenvalue weighted by atomic mass is 9.96. The van der Waals surface area contributed by atoms with Crippen LogP contribution in [0.25, 0.3) is 22.1 Å². The number of aryl methyl sites for hydroxylation is 2. The Bertz CT molecular complexity index is 2240. The third-order valence-electron chi connectivity index (χ3n) is 10.6. The van der Waals surface area contributed by atoms with Gasteiger partial charge in [0, 0.05) is 68.4 Å². The Morgan fingerprint density at radius 1 is 0.632 bits per heavy atom. The Balaban J connectivity index is 0.000000252. The number of nitrogens with two attached hydrogens (primary N) is 1. The fraction of sp³-hybridized carbons (Fsp3) is 0.463. The summed E-state index contributed by atoms with van der Waals surface area (Å²) in [6.45, 7) is 1.74. The van der Waals surface area contributed by atoms with Crippen LogP contribution in [0.4, 0.5) is 11.9 Å². The van der Waals surface area contributed by atoms with Gasteiger partial charge in [-0.1, -0.05) is 58.1 Å². The van der Waals surface area contributed by atoms with Crippen molar-refractivity contribution in [2.24, 2.45) is 5.73 Å². The lowest BCUT2D eigenvalue weighted by Crippen LogP contribution is -2.32. The van der Waals surface area contributed by atoms with Gasteiger partial charge in [0.1, 0.15) is 11.3 Å². The summed E-state index contributed by atoms with van der Waals surface area (Å²) in [4.78, 5) is 69.1. The predicted octanol–water partition coefficient (Wildman–Crippen LogP) is 6.59. The Kier molecular flexibility index (Phi) is 15.1. The van der Waals surface area contributed by atoms with E-state index in [9.17, 15) is 19.2 Å². The molecule has 5 aromatic rings. The van der Waals surface area contributed by atoms with Crippen molar-refractivity contribution < 1.29 is 11.0 Å². The second-order valence-electron chi connectivity index (χ2n) is 14.4. The van der Waals surface area contributed by atoms with Crippen molar-refractivity contribution in [1.82, 2.24) is 34.0 Å². The highest BCUT2D eigenvalue weighted by atomic mass is 16.2. The molecule has 2 saturated carbocycles. The number of hydrogen-bond acceptors (Lipinski definition) is 13. The predicted molar refractivity (Wildman–Crippen MR) is 223 cm³/mol. The summed E-state index contributed by atoms with van der Waals surface area (Å²) >= 11 is 0. The van der Waals surface area contributed by atoms with Crippen molar-refractivity contribution in [1.29, 1.82) is 11.1 Å². The molecule has 5 heterocycles.